The van der Waals surface area contributed by atoms with Crippen LogP contribution in [0.2, 0.25) is 0 Å². The molecule has 0 aliphatic heterocycles. The highest BCUT2D eigenvalue weighted by molar-refractivity contribution is 9.11. The molecule has 0 radical (unpaired) electrons. The number of benzene rings is 2. The molecule has 2 nitrogen and oxygen atoms in total. The Balaban J connectivity index is 1.87. The van der Waals surface area contributed by atoms with Gasteiger partial charge < -0.3 is 9.73 Å². The SMILES string of the molecule is Brc1cccc(Br)c1NCc1coc2ccccc12. The van der Waals surface area contributed by atoms with Gasteiger partial charge >= 0.3 is 0 Å². The van der Waals surface area contributed by atoms with Gasteiger partial charge in [-0.15, -0.1) is 0 Å². The Morgan fingerprint density at radius 2 is 1.68 bits per heavy atom. The van der Waals surface area contributed by atoms with Crippen LogP contribution in [0.5, 0.6) is 0 Å². The normalized spacial score (nSPS) is 10.8. The lowest BCUT2D eigenvalue weighted by molar-refractivity contribution is 0.611. The number of hydrogen-bond donors (Lipinski definition) is 1. The zero-order valence-electron chi connectivity index (χ0n) is 9.99. The Morgan fingerprint density at radius 3 is 2.47 bits per heavy atom. The molecule has 1 N–H and O–H groups in total. The molecule has 0 aliphatic carbocycles. The molecule has 3 rings (SSSR count). The summed E-state index contributed by atoms with van der Waals surface area (Å²) < 4.78 is 7.61. The summed E-state index contributed by atoms with van der Waals surface area (Å²) in [5.41, 5.74) is 3.12. The van der Waals surface area contributed by atoms with Crippen LogP contribution in [0, 0.1) is 0 Å². The molecule has 0 aliphatic rings. The van der Waals surface area contributed by atoms with Gasteiger partial charge in [-0.25, -0.2) is 0 Å². The topological polar surface area (TPSA) is 25.2 Å². The van der Waals surface area contributed by atoms with E-state index in [1.54, 1.807) is 0 Å². The molecule has 0 bridgehead atoms. The zero-order chi connectivity index (χ0) is 13.2. The summed E-state index contributed by atoms with van der Waals surface area (Å²) in [6, 6.07) is 14.1. The van der Waals surface area contributed by atoms with Crippen LogP contribution < -0.4 is 5.32 Å². The fourth-order valence-corrected chi connectivity index (χ4v) is 3.30. The van der Waals surface area contributed by atoms with Gasteiger partial charge in [0.05, 0.1) is 12.0 Å². The lowest BCUT2D eigenvalue weighted by atomic mass is 10.2. The van der Waals surface area contributed by atoms with Crippen LogP contribution in [-0.2, 0) is 6.54 Å². The summed E-state index contributed by atoms with van der Waals surface area (Å²) in [5, 5.41) is 4.57. The van der Waals surface area contributed by atoms with E-state index in [9.17, 15) is 0 Å². The molecule has 3 aromatic rings. The van der Waals surface area contributed by atoms with Crippen LogP contribution in [0.1, 0.15) is 5.56 Å². The van der Waals surface area contributed by atoms with Crippen LogP contribution in [0.15, 0.2) is 62.1 Å². The van der Waals surface area contributed by atoms with Gasteiger partial charge in [0.2, 0.25) is 0 Å². The minimum Gasteiger partial charge on any atom is -0.464 e. The van der Waals surface area contributed by atoms with Crippen LogP contribution >= 0.6 is 31.9 Å². The first-order valence-electron chi connectivity index (χ1n) is 5.88. The second kappa shape index (κ2) is 5.39. The molecule has 19 heavy (non-hydrogen) atoms. The summed E-state index contributed by atoms with van der Waals surface area (Å²) in [7, 11) is 0. The van der Waals surface area contributed by atoms with Gasteiger partial charge in [0.1, 0.15) is 5.58 Å². The van der Waals surface area contributed by atoms with Crippen molar-refractivity contribution in [2.45, 2.75) is 6.54 Å². The highest BCUT2D eigenvalue weighted by Crippen LogP contribution is 2.31. The summed E-state index contributed by atoms with van der Waals surface area (Å²) in [5.74, 6) is 0. The Labute approximate surface area is 128 Å². The lowest BCUT2D eigenvalue weighted by Gasteiger charge is -2.09. The minimum atomic E-state index is 0.720. The predicted octanol–water partition coefficient (Wildman–Crippen LogP) is 5.57. The summed E-state index contributed by atoms with van der Waals surface area (Å²) in [6.07, 6.45) is 1.81. The average Bonchev–Trinajstić information content (AvgIpc) is 2.82. The molecule has 0 amide bonds. The molecule has 2 aromatic carbocycles. The Bertz CT molecular complexity index is 701. The molecule has 0 atom stereocenters. The molecular weight excluding hydrogens is 370 g/mol. The number of hydrogen-bond acceptors (Lipinski definition) is 2. The standard InChI is InChI=1S/C15H11Br2NO/c16-12-5-3-6-13(17)15(12)18-8-10-9-19-14-7-2-1-4-11(10)14/h1-7,9,18H,8H2. The lowest BCUT2D eigenvalue weighted by Crippen LogP contribution is -2.00. The zero-order valence-corrected chi connectivity index (χ0v) is 13.2. The van der Waals surface area contributed by atoms with Crippen molar-refractivity contribution in [1.82, 2.24) is 0 Å². The third-order valence-electron chi connectivity index (χ3n) is 2.98. The monoisotopic (exact) mass is 379 g/mol. The van der Waals surface area contributed by atoms with Gasteiger partial charge in [-0.05, 0) is 50.1 Å². The molecule has 4 heteroatoms. The van der Waals surface area contributed by atoms with Crippen molar-refractivity contribution in [3.63, 3.8) is 0 Å². The van der Waals surface area contributed by atoms with Crippen LogP contribution in [0.3, 0.4) is 0 Å². The second-order valence-electron chi connectivity index (χ2n) is 4.21. The third-order valence-corrected chi connectivity index (χ3v) is 4.30. The van der Waals surface area contributed by atoms with Crippen molar-refractivity contribution >= 4 is 48.5 Å². The molecule has 0 spiro atoms. The first-order chi connectivity index (χ1) is 9.25. The first-order valence-corrected chi connectivity index (χ1v) is 7.47. The van der Waals surface area contributed by atoms with Crippen molar-refractivity contribution in [2.24, 2.45) is 0 Å². The van der Waals surface area contributed by atoms with E-state index in [1.807, 2.05) is 42.7 Å². The van der Waals surface area contributed by atoms with E-state index in [4.69, 9.17) is 4.42 Å². The fourth-order valence-electron chi connectivity index (χ4n) is 2.02. The van der Waals surface area contributed by atoms with Gasteiger partial charge in [-0.3, -0.25) is 0 Å². The number of nitrogens with one attached hydrogen (secondary N) is 1. The van der Waals surface area contributed by atoms with E-state index >= 15 is 0 Å². The van der Waals surface area contributed by atoms with Gasteiger partial charge in [0, 0.05) is 26.4 Å². The minimum absolute atomic E-state index is 0.720. The number of halogens is 2. The van der Waals surface area contributed by atoms with Gasteiger partial charge in [0.15, 0.2) is 0 Å². The van der Waals surface area contributed by atoms with E-state index < -0.39 is 0 Å². The number of anilines is 1. The average molecular weight is 381 g/mol. The molecule has 1 aromatic heterocycles. The second-order valence-corrected chi connectivity index (χ2v) is 5.92. The highest BCUT2D eigenvalue weighted by atomic mass is 79.9. The van der Waals surface area contributed by atoms with E-state index in [1.165, 1.54) is 0 Å². The summed E-state index contributed by atoms with van der Waals surface area (Å²) in [4.78, 5) is 0. The fraction of sp³-hybridized carbons (Fsp3) is 0.0667. The number of para-hydroxylation sites is 2. The molecule has 0 saturated heterocycles. The maximum Gasteiger partial charge on any atom is 0.134 e. The van der Waals surface area contributed by atoms with Crippen molar-refractivity contribution in [1.29, 1.82) is 0 Å². The molecule has 1 heterocycles. The quantitative estimate of drug-likeness (QED) is 0.642. The Morgan fingerprint density at radius 1 is 0.947 bits per heavy atom. The van der Waals surface area contributed by atoms with Crippen molar-refractivity contribution in [3.8, 4) is 0 Å². The number of furan rings is 1. The molecule has 0 saturated carbocycles. The highest BCUT2D eigenvalue weighted by Gasteiger charge is 2.07. The molecule has 96 valence electrons. The van der Waals surface area contributed by atoms with Crippen molar-refractivity contribution < 1.29 is 4.42 Å². The predicted molar refractivity (Wildman–Crippen MR) is 85.4 cm³/mol. The number of fused-ring (bicyclic) bond motifs is 1. The van der Waals surface area contributed by atoms with E-state index in [2.05, 4.69) is 43.2 Å². The molecule has 0 fully saturated rings. The Kier molecular flexibility index (Phi) is 3.62. The van der Waals surface area contributed by atoms with E-state index in [0.29, 0.717) is 0 Å². The molecule has 0 unspecified atom stereocenters. The van der Waals surface area contributed by atoms with E-state index in [-0.39, 0.29) is 0 Å². The van der Waals surface area contributed by atoms with Gasteiger partial charge in [-0.2, -0.15) is 0 Å². The van der Waals surface area contributed by atoms with E-state index in [0.717, 1.165) is 37.7 Å². The van der Waals surface area contributed by atoms with Gasteiger partial charge in [0.25, 0.3) is 0 Å². The maximum absolute atomic E-state index is 5.53. The maximum atomic E-state index is 5.53. The summed E-state index contributed by atoms with van der Waals surface area (Å²) in [6.45, 7) is 0.720. The van der Waals surface area contributed by atoms with Crippen LogP contribution in [-0.4, -0.2) is 0 Å². The van der Waals surface area contributed by atoms with Crippen molar-refractivity contribution in [3.05, 3.63) is 63.2 Å². The first kappa shape index (κ1) is 12.8. The third kappa shape index (κ3) is 2.55. The Hall–Kier alpha value is -1.26. The summed E-state index contributed by atoms with van der Waals surface area (Å²) >= 11 is 7.09. The van der Waals surface area contributed by atoms with Crippen molar-refractivity contribution in [2.75, 3.05) is 5.32 Å². The smallest absolute Gasteiger partial charge is 0.134 e. The van der Waals surface area contributed by atoms with Crippen LogP contribution in [0.25, 0.3) is 11.0 Å². The van der Waals surface area contributed by atoms with Crippen LogP contribution in [0.4, 0.5) is 5.69 Å². The van der Waals surface area contributed by atoms with Gasteiger partial charge in [-0.1, -0.05) is 24.3 Å². The largest absolute Gasteiger partial charge is 0.464 e. The molecular formula is C15H11Br2NO. The number of rotatable bonds is 3.